The van der Waals surface area contributed by atoms with Crippen molar-refractivity contribution in [1.82, 2.24) is 4.90 Å². The van der Waals surface area contributed by atoms with E-state index in [9.17, 15) is 4.79 Å². The lowest BCUT2D eigenvalue weighted by atomic mass is 10.2. The lowest BCUT2D eigenvalue weighted by molar-refractivity contribution is -0.118. The topological polar surface area (TPSA) is 44.8 Å². The molecule has 1 amide bonds. The summed E-state index contributed by atoms with van der Waals surface area (Å²) in [5.74, 6) is 0.307. The summed E-state index contributed by atoms with van der Waals surface area (Å²) in [4.78, 5) is 16.9. The Hall–Kier alpha value is -1.76. The molecule has 1 N–H and O–H groups in total. The summed E-state index contributed by atoms with van der Waals surface area (Å²) in [6, 6.07) is 11.6. The first-order chi connectivity index (χ1) is 12.9. The molecule has 0 saturated carbocycles. The Morgan fingerprint density at radius 1 is 1.19 bits per heavy atom. The van der Waals surface area contributed by atoms with Crippen molar-refractivity contribution in [3.63, 3.8) is 0 Å². The van der Waals surface area contributed by atoms with E-state index in [-0.39, 0.29) is 12.5 Å². The first-order valence-corrected chi connectivity index (χ1v) is 10.0. The number of nitrogens with one attached hydrogen (secondary N) is 1. The van der Waals surface area contributed by atoms with Crippen LogP contribution in [0.2, 0.25) is 5.02 Å². The number of ether oxygens (including phenoxy) is 1. The fraction of sp³-hybridized carbons (Fsp3) is 0.350. The average molecular weight is 453 g/mol. The molecule has 144 valence electrons. The minimum atomic E-state index is -0.222. The normalized spacial score (nSPS) is 14.9. The summed E-state index contributed by atoms with van der Waals surface area (Å²) >= 11 is 9.57. The fourth-order valence-electron chi connectivity index (χ4n) is 3.03. The Bertz CT molecular complexity index is 782. The third-order valence-electron chi connectivity index (χ3n) is 4.56. The lowest BCUT2D eigenvalue weighted by Crippen LogP contribution is -2.44. The molecule has 0 bridgehead atoms. The number of likely N-dealkylation sites (N-methyl/N-ethyl adjacent to an activating group) is 1. The van der Waals surface area contributed by atoms with Gasteiger partial charge in [0.2, 0.25) is 0 Å². The number of rotatable bonds is 5. The molecule has 1 fully saturated rings. The van der Waals surface area contributed by atoms with Crippen LogP contribution in [0.5, 0.6) is 5.75 Å². The molecule has 0 radical (unpaired) electrons. The summed E-state index contributed by atoms with van der Waals surface area (Å²) in [6.45, 7) is 5.96. The van der Waals surface area contributed by atoms with E-state index in [2.05, 4.69) is 38.1 Å². The van der Waals surface area contributed by atoms with E-state index in [1.807, 2.05) is 37.3 Å². The summed E-state index contributed by atoms with van der Waals surface area (Å²) in [5, 5.41) is 3.33. The molecule has 7 heteroatoms. The molecule has 1 aliphatic rings. The van der Waals surface area contributed by atoms with Crippen LogP contribution in [-0.4, -0.2) is 50.6 Å². The fourth-order valence-corrected chi connectivity index (χ4v) is 4.05. The summed E-state index contributed by atoms with van der Waals surface area (Å²) in [5.41, 5.74) is 2.80. The van der Waals surface area contributed by atoms with Gasteiger partial charge in [0.1, 0.15) is 5.75 Å². The van der Waals surface area contributed by atoms with E-state index in [0.717, 1.165) is 41.9 Å². The van der Waals surface area contributed by atoms with Crippen LogP contribution in [0.1, 0.15) is 5.56 Å². The van der Waals surface area contributed by atoms with E-state index in [1.165, 1.54) is 5.69 Å². The molecule has 1 heterocycles. The number of benzene rings is 2. The van der Waals surface area contributed by atoms with Gasteiger partial charge in [-0.1, -0.05) is 27.5 Å². The highest BCUT2D eigenvalue weighted by atomic mass is 79.9. The Kier molecular flexibility index (Phi) is 6.63. The minimum absolute atomic E-state index is 0.0948. The second-order valence-corrected chi connectivity index (χ2v) is 8.03. The molecule has 0 unspecified atom stereocenters. The number of hydrogen-bond acceptors (Lipinski definition) is 4. The highest BCUT2D eigenvalue weighted by molar-refractivity contribution is 9.10. The van der Waals surface area contributed by atoms with E-state index >= 15 is 0 Å². The first-order valence-electron chi connectivity index (χ1n) is 8.84. The number of hydrogen-bond donors (Lipinski definition) is 1. The van der Waals surface area contributed by atoms with Gasteiger partial charge in [-0.05, 0) is 55.9 Å². The number of carbonyl (C=O) groups is 1. The second kappa shape index (κ2) is 8.95. The van der Waals surface area contributed by atoms with Crippen LogP contribution >= 0.6 is 27.5 Å². The van der Waals surface area contributed by atoms with E-state index in [1.54, 1.807) is 6.07 Å². The monoisotopic (exact) mass is 451 g/mol. The smallest absolute Gasteiger partial charge is 0.262 e. The van der Waals surface area contributed by atoms with Crippen LogP contribution < -0.4 is 15.0 Å². The van der Waals surface area contributed by atoms with Crippen LogP contribution in [-0.2, 0) is 4.79 Å². The standard InChI is InChI=1S/C20H23BrClN3O2/c1-14-11-15(21)12-18(22)20(14)27-13-19(26)23-16-3-5-17(6-4-16)25-9-7-24(2)8-10-25/h3-6,11-12H,7-10,13H2,1-2H3,(H,23,26). The van der Waals surface area contributed by atoms with Gasteiger partial charge in [-0.3, -0.25) is 4.79 Å². The summed E-state index contributed by atoms with van der Waals surface area (Å²) in [7, 11) is 2.14. The van der Waals surface area contributed by atoms with Crippen molar-refractivity contribution in [2.75, 3.05) is 50.1 Å². The molecule has 1 aliphatic heterocycles. The molecule has 0 aromatic heterocycles. The summed E-state index contributed by atoms with van der Waals surface area (Å²) < 4.78 is 6.48. The molecular weight excluding hydrogens is 430 g/mol. The van der Waals surface area contributed by atoms with Gasteiger partial charge >= 0.3 is 0 Å². The molecule has 0 spiro atoms. The third kappa shape index (κ3) is 5.37. The Morgan fingerprint density at radius 2 is 1.85 bits per heavy atom. The maximum atomic E-state index is 12.2. The van der Waals surface area contributed by atoms with Crippen molar-refractivity contribution in [2.45, 2.75) is 6.92 Å². The number of piperazine rings is 1. The van der Waals surface area contributed by atoms with Crippen molar-refractivity contribution in [3.05, 3.63) is 51.5 Å². The molecule has 2 aromatic rings. The Balaban J connectivity index is 1.54. The number of amides is 1. The van der Waals surface area contributed by atoms with E-state index in [4.69, 9.17) is 16.3 Å². The van der Waals surface area contributed by atoms with Crippen molar-refractivity contribution >= 4 is 44.8 Å². The third-order valence-corrected chi connectivity index (χ3v) is 5.30. The van der Waals surface area contributed by atoms with Gasteiger partial charge in [0.15, 0.2) is 6.61 Å². The number of carbonyl (C=O) groups excluding carboxylic acids is 1. The highest BCUT2D eigenvalue weighted by Gasteiger charge is 2.14. The molecule has 1 saturated heterocycles. The van der Waals surface area contributed by atoms with Crippen LogP contribution in [0.4, 0.5) is 11.4 Å². The molecule has 0 aliphatic carbocycles. The molecule has 2 aromatic carbocycles. The highest BCUT2D eigenvalue weighted by Crippen LogP contribution is 2.32. The number of halogens is 2. The summed E-state index contributed by atoms with van der Waals surface area (Å²) in [6.07, 6.45) is 0. The predicted molar refractivity (Wildman–Crippen MR) is 114 cm³/mol. The van der Waals surface area contributed by atoms with Crippen molar-refractivity contribution in [1.29, 1.82) is 0 Å². The maximum absolute atomic E-state index is 12.2. The largest absolute Gasteiger partial charge is 0.482 e. The zero-order valence-corrected chi connectivity index (χ0v) is 17.8. The van der Waals surface area contributed by atoms with E-state index in [0.29, 0.717) is 10.8 Å². The van der Waals surface area contributed by atoms with Crippen LogP contribution in [0, 0.1) is 6.92 Å². The number of anilines is 2. The number of aryl methyl sites for hydroxylation is 1. The minimum Gasteiger partial charge on any atom is -0.482 e. The molecule has 0 atom stereocenters. The van der Waals surface area contributed by atoms with Crippen LogP contribution in [0.15, 0.2) is 40.9 Å². The molecule has 3 rings (SSSR count). The van der Waals surface area contributed by atoms with Crippen molar-refractivity contribution < 1.29 is 9.53 Å². The quantitative estimate of drug-likeness (QED) is 0.739. The van der Waals surface area contributed by atoms with E-state index < -0.39 is 0 Å². The van der Waals surface area contributed by atoms with Crippen LogP contribution in [0.25, 0.3) is 0 Å². The van der Waals surface area contributed by atoms with Crippen molar-refractivity contribution in [3.8, 4) is 5.75 Å². The predicted octanol–water partition coefficient (Wildman–Crippen LogP) is 4.18. The zero-order chi connectivity index (χ0) is 19.4. The van der Waals surface area contributed by atoms with Gasteiger partial charge in [0.25, 0.3) is 5.91 Å². The Labute approximate surface area is 173 Å². The molecular formula is C20H23BrClN3O2. The Morgan fingerprint density at radius 3 is 2.48 bits per heavy atom. The SMILES string of the molecule is Cc1cc(Br)cc(Cl)c1OCC(=O)Nc1ccc(N2CCN(C)CC2)cc1. The van der Waals surface area contributed by atoms with Gasteiger partial charge < -0.3 is 19.9 Å². The van der Waals surface area contributed by atoms with Gasteiger partial charge in [0.05, 0.1) is 5.02 Å². The second-order valence-electron chi connectivity index (χ2n) is 6.71. The van der Waals surface area contributed by atoms with Gasteiger partial charge in [-0.2, -0.15) is 0 Å². The lowest BCUT2D eigenvalue weighted by Gasteiger charge is -2.34. The van der Waals surface area contributed by atoms with Crippen molar-refractivity contribution in [2.24, 2.45) is 0 Å². The number of nitrogens with zero attached hydrogens (tertiary/aromatic N) is 2. The average Bonchev–Trinajstić information content (AvgIpc) is 2.62. The molecule has 27 heavy (non-hydrogen) atoms. The molecule has 5 nitrogen and oxygen atoms in total. The van der Waals surface area contributed by atoms with Crippen LogP contribution in [0.3, 0.4) is 0 Å². The van der Waals surface area contributed by atoms with Gasteiger partial charge in [-0.25, -0.2) is 0 Å². The maximum Gasteiger partial charge on any atom is 0.262 e. The zero-order valence-electron chi connectivity index (χ0n) is 15.5. The first kappa shape index (κ1) is 20.0. The van der Waals surface area contributed by atoms with Gasteiger partial charge in [-0.15, -0.1) is 0 Å². The van der Waals surface area contributed by atoms with Gasteiger partial charge in [0, 0.05) is 42.0 Å².